The lowest BCUT2D eigenvalue weighted by Gasteiger charge is -2.30. The van der Waals surface area contributed by atoms with Crippen LogP contribution in [-0.4, -0.2) is 21.2 Å². The van der Waals surface area contributed by atoms with Crippen molar-refractivity contribution in [3.05, 3.63) is 28.3 Å². The number of thiocarbonyl (C=S) groups is 1. The van der Waals surface area contributed by atoms with Crippen LogP contribution in [0.15, 0.2) is 18.2 Å². The van der Waals surface area contributed by atoms with Crippen LogP contribution in [0.5, 0.6) is 5.75 Å². The van der Waals surface area contributed by atoms with E-state index in [0.29, 0.717) is 17.1 Å². The molecule has 114 valence electrons. The number of anilines is 1. The zero-order chi connectivity index (χ0) is 15.4. The van der Waals surface area contributed by atoms with Crippen LogP contribution in [0.3, 0.4) is 0 Å². The normalized spacial score (nSPS) is 21.6. The Hall–Kier alpha value is -1.89. The van der Waals surface area contributed by atoms with Gasteiger partial charge < -0.3 is 15.7 Å². The smallest absolute Gasteiger partial charge is 0.271 e. The lowest BCUT2D eigenvalue weighted by atomic mass is 9.86. The number of nitrogens with one attached hydrogen (secondary N) is 2. The second-order valence-corrected chi connectivity index (χ2v) is 5.83. The van der Waals surface area contributed by atoms with Crippen LogP contribution in [0.2, 0.25) is 0 Å². The number of rotatable bonds is 3. The topological polar surface area (TPSA) is 87.4 Å². The summed E-state index contributed by atoms with van der Waals surface area (Å²) < 4.78 is 0. The van der Waals surface area contributed by atoms with Gasteiger partial charge in [0.2, 0.25) is 0 Å². The Morgan fingerprint density at radius 2 is 2.14 bits per heavy atom. The number of hydrogen-bond acceptors (Lipinski definition) is 4. The van der Waals surface area contributed by atoms with E-state index in [1.165, 1.54) is 37.5 Å². The molecule has 21 heavy (non-hydrogen) atoms. The summed E-state index contributed by atoms with van der Waals surface area (Å²) in [6.07, 6.45) is 4.64. The van der Waals surface area contributed by atoms with Gasteiger partial charge in [-0.3, -0.25) is 10.1 Å². The average Bonchev–Trinajstić information content (AvgIpc) is 2.43. The van der Waals surface area contributed by atoms with Gasteiger partial charge in [0.25, 0.3) is 5.69 Å². The Kier molecular flexibility index (Phi) is 4.95. The second-order valence-electron chi connectivity index (χ2n) is 5.43. The Labute approximate surface area is 128 Å². The van der Waals surface area contributed by atoms with Gasteiger partial charge in [-0.2, -0.15) is 0 Å². The van der Waals surface area contributed by atoms with E-state index >= 15 is 0 Å². The fraction of sp³-hybridized carbons (Fsp3) is 0.500. The van der Waals surface area contributed by atoms with E-state index in [1.54, 1.807) is 0 Å². The molecule has 6 nitrogen and oxygen atoms in total. The minimum atomic E-state index is -0.510. The van der Waals surface area contributed by atoms with E-state index in [1.807, 2.05) is 0 Å². The molecular formula is C14H19N3O3S. The Morgan fingerprint density at radius 3 is 2.81 bits per heavy atom. The van der Waals surface area contributed by atoms with Crippen LogP contribution in [0, 0.1) is 16.0 Å². The highest BCUT2D eigenvalue weighted by molar-refractivity contribution is 7.80. The highest BCUT2D eigenvalue weighted by Gasteiger charge is 2.22. The Balaban J connectivity index is 2.02. The van der Waals surface area contributed by atoms with Crippen LogP contribution in [0.1, 0.15) is 32.6 Å². The SMILES string of the molecule is C[C@H]1CCCC[C@@H]1NC(=S)Nc1cc([N+](=O)[O-])ccc1O. The van der Waals surface area contributed by atoms with Crippen LogP contribution in [0.4, 0.5) is 11.4 Å². The summed E-state index contributed by atoms with van der Waals surface area (Å²) in [5.74, 6) is 0.471. The van der Waals surface area contributed by atoms with Crippen molar-refractivity contribution >= 4 is 28.7 Å². The van der Waals surface area contributed by atoms with Crippen LogP contribution in [-0.2, 0) is 0 Å². The number of hydrogen-bond donors (Lipinski definition) is 3. The highest BCUT2D eigenvalue weighted by Crippen LogP contribution is 2.28. The molecule has 1 aromatic carbocycles. The van der Waals surface area contributed by atoms with Gasteiger partial charge >= 0.3 is 0 Å². The maximum atomic E-state index is 10.8. The van der Waals surface area contributed by atoms with E-state index in [4.69, 9.17) is 12.2 Å². The van der Waals surface area contributed by atoms with Gasteiger partial charge in [-0.25, -0.2) is 0 Å². The molecule has 3 N–H and O–H groups in total. The summed E-state index contributed by atoms with van der Waals surface area (Å²) in [4.78, 5) is 10.2. The van der Waals surface area contributed by atoms with Crippen molar-refractivity contribution in [2.45, 2.75) is 38.6 Å². The Morgan fingerprint density at radius 1 is 1.43 bits per heavy atom. The van der Waals surface area contributed by atoms with Gasteiger partial charge in [0.1, 0.15) is 5.75 Å². The van der Waals surface area contributed by atoms with Gasteiger partial charge in [-0.05, 0) is 37.0 Å². The summed E-state index contributed by atoms with van der Waals surface area (Å²) in [6.45, 7) is 2.18. The van der Waals surface area contributed by atoms with Crippen LogP contribution < -0.4 is 10.6 Å². The van der Waals surface area contributed by atoms with Gasteiger partial charge in [-0.1, -0.05) is 19.8 Å². The van der Waals surface area contributed by atoms with Gasteiger partial charge in [-0.15, -0.1) is 0 Å². The molecule has 7 heteroatoms. The first kappa shape index (κ1) is 15.5. The van der Waals surface area contributed by atoms with Crippen molar-refractivity contribution in [3.8, 4) is 5.75 Å². The zero-order valence-electron chi connectivity index (χ0n) is 11.8. The molecule has 0 saturated heterocycles. The van der Waals surface area contributed by atoms with Gasteiger partial charge in [0.15, 0.2) is 5.11 Å². The zero-order valence-corrected chi connectivity index (χ0v) is 12.7. The summed E-state index contributed by atoms with van der Waals surface area (Å²) in [5, 5.41) is 27.0. The molecule has 0 unspecified atom stereocenters. The second kappa shape index (κ2) is 6.71. The number of phenolic OH excluding ortho intramolecular Hbond substituents is 1. The van der Waals surface area contributed by atoms with Crippen molar-refractivity contribution in [3.63, 3.8) is 0 Å². The third kappa shape index (κ3) is 4.04. The molecule has 0 heterocycles. The Bertz CT molecular complexity index is 550. The van der Waals surface area contributed by atoms with Gasteiger partial charge in [0, 0.05) is 18.2 Å². The van der Waals surface area contributed by atoms with E-state index in [9.17, 15) is 15.2 Å². The molecule has 1 fully saturated rings. The largest absolute Gasteiger partial charge is 0.506 e. The molecule has 1 aliphatic rings. The molecule has 0 spiro atoms. The lowest BCUT2D eigenvalue weighted by molar-refractivity contribution is -0.384. The molecule has 0 aromatic heterocycles. The number of non-ortho nitro benzene ring substituents is 1. The predicted octanol–water partition coefficient (Wildman–Crippen LogP) is 3.17. The number of nitrogens with zero attached hydrogens (tertiary/aromatic N) is 1. The minimum Gasteiger partial charge on any atom is -0.506 e. The maximum Gasteiger partial charge on any atom is 0.271 e. The third-order valence-corrected chi connectivity index (χ3v) is 4.09. The molecule has 0 amide bonds. The summed E-state index contributed by atoms with van der Waals surface area (Å²) in [7, 11) is 0. The van der Waals surface area contributed by atoms with Crippen LogP contribution >= 0.6 is 12.2 Å². The number of phenols is 1. The first-order valence-corrected chi connectivity index (χ1v) is 7.43. The predicted molar refractivity (Wildman–Crippen MR) is 85.5 cm³/mol. The maximum absolute atomic E-state index is 10.8. The quantitative estimate of drug-likeness (QED) is 0.344. The van der Waals surface area contributed by atoms with E-state index in [0.717, 1.165) is 6.42 Å². The van der Waals surface area contributed by atoms with Crippen molar-refractivity contribution in [2.24, 2.45) is 5.92 Å². The van der Waals surface area contributed by atoms with Crippen molar-refractivity contribution in [1.29, 1.82) is 0 Å². The first-order valence-electron chi connectivity index (χ1n) is 7.02. The number of nitro benzene ring substituents is 1. The molecule has 2 rings (SSSR count). The highest BCUT2D eigenvalue weighted by atomic mass is 32.1. The average molecular weight is 309 g/mol. The first-order chi connectivity index (χ1) is 9.97. The molecular weight excluding hydrogens is 290 g/mol. The fourth-order valence-electron chi connectivity index (χ4n) is 2.60. The molecule has 2 atom stereocenters. The molecule has 0 aliphatic heterocycles. The number of benzene rings is 1. The molecule has 1 saturated carbocycles. The minimum absolute atomic E-state index is 0.0681. The molecule has 0 bridgehead atoms. The third-order valence-electron chi connectivity index (χ3n) is 3.87. The molecule has 0 radical (unpaired) electrons. The summed E-state index contributed by atoms with van der Waals surface area (Å²) in [5.41, 5.74) is 0.147. The van der Waals surface area contributed by atoms with E-state index in [-0.39, 0.29) is 17.1 Å². The lowest BCUT2D eigenvalue weighted by Crippen LogP contribution is -2.43. The molecule has 1 aliphatic carbocycles. The monoisotopic (exact) mass is 309 g/mol. The van der Waals surface area contributed by atoms with E-state index in [2.05, 4.69) is 17.6 Å². The fourth-order valence-corrected chi connectivity index (χ4v) is 2.86. The molecule has 1 aromatic rings. The van der Waals surface area contributed by atoms with E-state index < -0.39 is 4.92 Å². The number of aromatic hydroxyl groups is 1. The standard InChI is InChI=1S/C14H19N3O3S/c1-9-4-2-3-5-11(9)15-14(21)16-12-8-10(17(19)20)6-7-13(12)18/h6-9,11,18H,2-5H2,1H3,(H2,15,16,21)/t9-,11-/m0/s1. The van der Waals surface area contributed by atoms with Crippen LogP contribution in [0.25, 0.3) is 0 Å². The number of nitro groups is 1. The van der Waals surface area contributed by atoms with Gasteiger partial charge in [0.05, 0.1) is 10.6 Å². The summed E-state index contributed by atoms with van der Waals surface area (Å²) >= 11 is 5.24. The van der Waals surface area contributed by atoms with Crippen molar-refractivity contribution in [1.82, 2.24) is 5.32 Å². The van der Waals surface area contributed by atoms with Crippen molar-refractivity contribution in [2.75, 3.05) is 5.32 Å². The van der Waals surface area contributed by atoms with Crippen molar-refractivity contribution < 1.29 is 10.0 Å². The summed E-state index contributed by atoms with van der Waals surface area (Å²) in [6, 6.07) is 4.11.